The summed E-state index contributed by atoms with van der Waals surface area (Å²) in [7, 11) is 0. The van der Waals surface area contributed by atoms with E-state index in [0.29, 0.717) is 22.3 Å². The van der Waals surface area contributed by atoms with Gasteiger partial charge in [0.1, 0.15) is 11.5 Å². The Balaban J connectivity index is 0.000000240. The number of allylic oxidation sites excluding steroid dienone is 2. The molecule has 0 aromatic heterocycles. The molecule has 4 aromatic carbocycles. The van der Waals surface area contributed by atoms with Crippen molar-refractivity contribution in [2.24, 2.45) is 0 Å². The maximum atomic E-state index is 11.8. The summed E-state index contributed by atoms with van der Waals surface area (Å²) < 4.78 is 0. The minimum absolute atomic E-state index is 0. The van der Waals surface area contributed by atoms with E-state index in [2.05, 4.69) is 0 Å². The number of aliphatic hydroxyl groups excluding tert-OH is 2. The molecule has 0 spiro atoms. The fourth-order valence-corrected chi connectivity index (χ4v) is 3.00. The second-order valence-electron chi connectivity index (χ2n) is 7.25. The molecule has 0 fully saturated rings. The third kappa shape index (κ3) is 8.58. The van der Waals surface area contributed by atoms with E-state index in [0.717, 1.165) is 0 Å². The van der Waals surface area contributed by atoms with E-state index in [1.54, 1.807) is 72.8 Å². The molecule has 4 nitrogen and oxygen atoms in total. The normalized spacial score (nSPS) is 10.9. The van der Waals surface area contributed by atoms with Gasteiger partial charge in [-0.3, -0.25) is 9.59 Å². The van der Waals surface area contributed by atoms with Crippen LogP contribution in [0.15, 0.2) is 133 Å². The van der Waals surface area contributed by atoms with Crippen LogP contribution in [0.1, 0.15) is 31.8 Å². The van der Waals surface area contributed by atoms with Crippen LogP contribution in [0.5, 0.6) is 0 Å². The molecule has 0 atom stereocenters. The van der Waals surface area contributed by atoms with Gasteiger partial charge in [0.25, 0.3) is 0 Å². The van der Waals surface area contributed by atoms with E-state index in [-0.39, 0.29) is 39.6 Å². The van der Waals surface area contributed by atoms with Gasteiger partial charge in [-0.05, 0) is 0 Å². The van der Waals surface area contributed by atoms with Crippen LogP contribution < -0.4 is 0 Å². The number of aliphatic hydroxyl groups is 2. The van der Waals surface area contributed by atoms with Gasteiger partial charge in [-0.15, -0.1) is 0 Å². The molecule has 178 valence electrons. The molecule has 0 radical (unpaired) electrons. The summed E-state index contributed by atoms with van der Waals surface area (Å²) in [5, 5.41) is 19.6. The minimum atomic E-state index is -0.202. The Labute approximate surface area is 214 Å². The van der Waals surface area contributed by atoms with Gasteiger partial charge in [-0.25, -0.2) is 0 Å². The molecule has 0 bridgehead atoms. The first kappa shape index (κ1) is 27.0. The molecule has 5 heteroatoms. The van der Waals surface area contributed by atoms with E-state index >= 15 is 0 Å². The number of hydrogen-bond acceptors (Lipinski definition) is 4. The first-order valence-electron chi connectivity index (χ1n) is 10.7. The van der Waals surface area contributed by atoms with Crippen molar-refractivity contribution in [1.29, 1.82) is 0 Å². The van der Waals surface area contributed by atoms with Gasteiger partial charge >= 0.3 is 0 Å². The van der Waals surface area contributed by atoms with E-state index in [9.17, 15) is 19.8 Å². The number of hydrogen-bond donors (Lipinski definition) is 2. The summed E-state index contributed by atoms with van der Waals surface area (Å²) in [6.45, 7) is 0. The average Bonchev–Trinajstić information content (AvgIpc) is 2.91. The second-order valence-corrected chi connectivity index (χ2v) is 7.25. The molecule has 0 saturated carbocycles. The number of rotatable bonds is 6. The molecule has 4 aromatic rings. The van der Waals surface area contributed by atoms with Gasteiger partial charge in [0, 0.05) is 50.9 Å². The summed E-state index contributed by atoms with van der Waals surface area (Å²) in [4.78, 5) is 23.6. The van der Waals surface area contributed by atoms with Crippen LogP contribution in [0.3, 0.4) is 0 Å². The van der Waals surface area contributed by atoms with Crippen molar-refractivity contribution >= 4 is 23.1 Å². The molecule has 0 aliphatic heterocycles. The standard InChI is InChI=1S/2C15H12O2.Ni/c2*16-14(12-7-3-1-4-8-12)11-15(17)13-9-5-2-6-10-13;/h2*1-11,16H;/b2*14-11-;. The van der Waals surface area contributed by atoms with E-state index in [1.165, 1.54) is 12.2 Å². The molecule has 2 N–H and O–H groups in total. The predicted octanol–water partition coefficient (Wildman–Crippen LogP) is 6.93. The Hall–Kier alpha value is -4.21. The maximum Gasteiger partial charge on any atom is 0.189 e. The molecule has 35 heavy (non-hydrogen) atoms. The van der Waals surface area contributed by atoms with Crippen molar-refractivity contribution in [3.05, 3.63) is 156 Å². The first-order chi connectivity index (χ1) is 16.5. The van der Waals surface area contributed by atoms with Gasteiger partial charge in [0.2, 0.25) is 0 Å². The van der Waals surface area contributed by atoms with Crippen molar-refractivity contribution in [1.82, 2.24) is 0 Å². The van der Waals surface area contributed by atoms with E-state index in [4.69, 9.17) is 0 Å². The molecular formula is C30H24NiO4. The van der Waals surface area contributed by atoms with Crippen LogP contribution in [0.2, 0.25) is 0 Å². The summed E-state index contributed by atoms with van der Waals surface area (Å²) >= 11 is 0. The zero-order valence-corrected chi connectivity index (χ0v) is 19.7. The smallest absolute Gasteiger partial charge is 0.189 e. The number of carbonyl (C=O) groups is 2. The van der Waals surface area contributed by atoms with Crippen molar-refractivity contribution in [2.45, 2.75) is 0 Å². The van der Waals surface area contributed by atoms with Crippen LogP contribution in [-0.4, -0.2) is 21.8 Å². The first-order valence-corrected chi connectivity index (χ1v) is 10.7. The maximum absolute atomic E-state index is 11.8. The molecule has 0 saturated heterocycles. The largest absolute Gasteiger partial charge is 0.507 e. The molecule has 0 aliphatic carbocycles. The fraction of sp³-hybridized carbons (Fsp3) is 0. The van der Waals surface area contributed by atoms with Crippen molar-refractivity contribution in [3.63, 3.8) is 0 Å². The van der Waals surface area contributed by atoms with Crippen molar-refractivity contribution in [2.75, 3.05) is 0 Å². The summed E-state index contributed by atoms with van der Waals surface area (Å²) in [6, 6.07) is 35.7. The van der Waals surface area contributed by atoms with E-state index in [1.807, 2.05) is 48.5 Å². The molecule has 0 unspecified atom stereocenters. The Morgan fingerprint density at radius 1 is 0.429 bits per heavy atom. The summed E-state index contributed by atoms with van der Waals surface area (Å²) in [5.74, 6) is -0.433. The van der Waals surface area contributed by atoms with Crippen LogP contribution in [0.4, 0.5) is 0 Å². The van der Waals surface area contributed by atoms with Crippen LogP contribution in [0.25, 0.3) is 11.5 Å². The van der Waals surface area contributed by atoms with E-state index < -0.39 is 0 Å². The van der Waals surface area contributed by atoms with Gasteiger partial charge in [0.05, 0.1) is 0 Å². The molecular weight excluding hydrogens is 483 g/mol. The topological polar surface area (TPSA) is 74.6 Å². The third-order valence-electron chi connectivity index (χ3n) is 4.79. The number of benzene rings is 4. The van der Waals surface area contributed by atoms with Gasteiger partial charge < -0.3 is 10.2 Å². The number of carbonyl (C=O) groups excluding carboxylic acids is 2. The Bertz CT molecular complexity index is 1160. The summed E-state index contributed by atoms with van der Waals surface area (Å²) in [6.07, 6.45) is 2.48. The number of ketones is 2. The summed E-state index contributed by atoms with van der Waals surface area (Å²) in [5.41, 5.74) is 2.40. The van der Waals surface area contributed by atoms with Crippen molar-refractivity contribution in [3.8, 4) is 0 Å². The molecule has 0 amide bonds. The molecule has 4 rings (SSSR count). The monoisotopic (exact) mass is 506 g/mol. The van der Waals surface area contributed by atoms with Gasteiger partial charge in [0.15, 0.2) is 11.6 Å². The fourth-order valence-electron chi connectivity index (χ4n) is 3.00. The second kappa shape index (κ2) is 14.1. The van der Waals surface area contributed by atoms with Crippen LogP contribution in [0, 0.1) is 0 Å². The predicted molar refractivity (Wildman–Crippen MR) is 136 cm³/mol. The van der Waals surface area contributed by atoms with Gasteiger partial charge in [-0.1, -0.05) is 121 Å². The van der Waals surface area contributed by atoms with Crippen LogP contribution in [-0.2, 0) is 16.5 Å². The zero-order chi connectivity index (χ0) is 24.2. The zero-order valence-electron chi connectivity index (χ0n) is 18.7. The minimum Gasteiger partial charge on any atom is -0.507 e. The SMILES string of the molecule is O=C(/C=C(\O)c1ccccc1)c1ccccc1.O=C(/C=C(\O)c1ccccc1)c1ccccc1.[Ni]. The average molecular weight is 507 g/mol. The third-order valence-corrected chi connectivity index (χ3v) is 4.79. The Morgan fingerprint density at radius 3 is 0.914 bits per heavy atom. The van der Waals surface area contributed by atoms with Crippen LogP contribution >= 0.6 is 0 Å². The molecule has 0 heterocycles. The Kier molecular flexibility index (Phi) is 10.9. The Morgan fingerprint density at radius 2 is 0.657 bits per heavy atom. The van der Waals surface area contributed by atoms with Gasteiger partial charge in [-0.2, -0.15) is 0 Å². The quantitative estimate of drug-likeness (QED) is 0.128. The van der Waals surface area contributed by atoms with Crippen molar-refractivity contribution < 1.29 is 36.3 Å². The molecule has 0 aliphatic rings.